The van der Waals surface area contributed by atoms with Crippen molar-refractivity contribution >= 4 is 35.3 Å². The molecule has 0 fully saturated rings. The molecule has 1 heterocycles. The molecule has 7 heteroatoms. The van der Waals surface area contributed by atoms with Gasteiger partial charge in [-0.3, -0.25) is 9.59 Å². The van der Waals surface area contributed by atoms with Crippen LogP contribution in [0.3, 0.4) is 0 Å². The van der Waals surface area contributed by atoms with Crippen molar-refractivity contribution < 1.29 is 9.59 Å². The number of anilines is 1. The van der Waals surface area contributed by atoms with Crippen molar-refractivity contribution in [3.63, 3.8) is 0 Å². The fourth-order valence-electron chi connectivity index (χ4n) is 2.47. The predicted octanol–water partition coefficient (Wildman–Crippen LogP) is 3.85. The van der Waals surface area contributed by atoms with Gasteiger partial charge in [-0.15, -0.1) is 0 Å². The van der Waals surface area contributed by atoms with Gasteiger partial charge in [0.15, 0.2) is 0 Å². The maximum atomic E-state index is 12.2. The zero-order valence-electron chi connectivity index (χ0n) is 14.5. The Balaban J connectivity index is 1.66. The van der Waals surface area contributed by atoms with Crippen LogP contribution in [0, 0.1) is 0 Å². The summed E-state index contributed by atoms with van der Waals surface area (Å²) in [5.74, 6) is -0.509. The quantitative estimate of drug-likeness (QED) is 0.521. The van der Waals surface area contributed by atoms with Gasteiger partial charge in [-0.25, -0.2) is 5.43 Å². The first-order valence-electron chi connectivity index (χ1n) is 8.17. The largest absolute Gasteiger partial charge is 0.326 e. The summed E-state index contributed by atoms with van der Waals surface area (Å²) < 4.78 is 1.92. The van der Waals surface area contributed by atoms with Gasteiger partial charge in [0.25, 0.3) is 5.91 Å². The molecule has 0 atom stereocenters. The topological polar surface area (TPSA) is 75.5 Å². The van der Waals surface area contributed by atoms with Crippen LogP contribution in [0.5, 0.6) is 0 Å². The third-order valence-electron chi connectivity index (χ3n) is 3.72. The van der Waals surface area contributed by atoms with Crippen molar-refractivity contribution in [1.82, 2.24) is 9.99 Å². The fraction of sp³-hybridized carbons (Fsp3) is 0.0500. The summed E-state index contributed by atoms with van der Waals surface area (Å²) in [6, 6.07) is 17.7. The second-order valence-corrected chi connectivity index (χ2v) is 6.17. The number of aromatic nitrogens is 1. The van der Waals surface area contributed by atoms with E-state index in [1.165, 1.54) is 6.92 Å². The van der Waals surface area contributed by atoms with E-state index < -0.39 is 0 Å². The van der Waals surface area contributed by atoms with Gasteiger partial charge in [0.1, 0.15) is 0 Å². The molecule has 27 heavy (non-hydrogen) atoms. The Kier molecular flexibility index (Phi) is 5.68. The van der Waals surface area contributed by atoms with E-state index in [2.05, 4.69) is 15.8 Å². The molecule has 0 saturated carbocycles. The number of hydrazone groups is 1. The molecule has 2 aromatic carbocycles. The molecule has 0 radical (unpaired) electrons. The van der Waals surface area contributed by atoms with Crippen LogP contribution in [0.15, 0.2) is 72.0 Å². The molecule has 0 aliphatic heterocycles. The van der Waals surface area contributed by atoms with Crippen LogP contribution in [-0.4, -0.2) is 22.6 Å². The lowest BCUT2D eigenvalue weighted by atomic mass is 10.2. The lowest BCUT2D eigenvalue weighted by molar-refractivity contribution is -0.114. The van der Waals surface area contributed by atoms with Gasteiger partial charge in [0, 0.05) is 35.1 Å². The van der Waals surface area contributed by atoms with Crippen molar-refractivity contribution in [1.29, 1.82) is 0 Å². The first kappa shape index (κ1) is 18.4. The number of halogens is 1. The van der Waals surface area contributed by atoms with Crippen molar-refractivity contribution in [2.75, 3.05) is 5.32 Å². The van der Waals surface area contributed by atoms with Crippen LogP contribution in [0.2, 0.25) is 5.02 Å². The molecule has 3 rings (SSSR count). The molecule has 0 saturated heterocycles. The van der Waals surface area contributed by atoms with E-state index in [9.17, 15) is 9.59 Å². The third kappa shape index (κ3) is 4.83. The van der Waals surface area contributed by atoms with E-state index in [1.54, 1.807) is 30.5 Å². The average Bonchev–Trinajstić information content (AvgIpc) is 3.11. The Bertz CT molecular complexity index is 976. The Morgan fingerprint density at radius 1 is 1.04 bits per heavy atom. The molecule has 3 aromatic rings. The van der Waals surface area contributed by atoms with E-state index >= 15 is 0 Å². The second-order valence-electron chi connectivity index (χ2n) is 5.74. The fourth-order valence-corrected chi connectivity index (χ4v) is 2.59. The Labute approximate surface area is 161 Å². The van der Waals surface area contributed by atoms with Crippen molar-refractivity contribution in [2.24, 2.45) is 5.10 Å². The van der Waals surface area contributed by atoms with Crippen LogP contribution >= 0.6 is 11.6 Å². The van der Waals surface area contributed by atoms with Crippen LogP contribution < -0.4 is 10.7 Å². The van der Waals surface area contributed by atoms with Gasteiger partial charge in [-0.1, -0.05) is 11.6 Å². The van der Waals surface area contributed by atoms with E-state index in [4.69, 9.17) is 11.6 Å². The molecule has 0 bridgehead atoms. The summed E-state index contributed by atoms with van der Waals surface area (Å²) in [4.78, 5) is 23.2. The highest BCUT2D eigenvalue weighted by atomic mass is 35.5. The average molecular weight is 381 g/mol. The molecule has 2 amide bonds. The van der Waals surface area contributed by atoms with Crippen molar-refractivity contribution in [2.45, 2.75) is 6.92 Å². The predicted molar refractivity (Wildman–Crippen MR) is 107 cm³/mol. The molecule has 0 unspecified atom stereocenters. The first-order chi connectivity index (χ1) is 13.0. The lowest BCUT2D eigenvalue weighted by Gasteiger charge is -2.06. The van der Waals surface area contributed by atoms with Crippen LogP contribution in [0.25, 0.3) is 5.69 Å². The third-order valence-corrected chi connectivity index (χ3v) is 3.97. The Morgan fingerprint density at radius 3 is 2.41 bits per heavy atom. The molecule has 0 spiro atoms. The number of carbonyl (C=O) groups is 2. The summed E-state index contributed by atoms with van der Waals surface area (Å²) in [5, 5.41) is 7.33. The molecule has 1 aromatic heterocycles. The first-order valence-corrected chi connectivity index (χ1v) is 8.55. The summed E-state index contributed by atoms with van der Waals surface area (Å²) in [5.41, 5.74) is 5.30. The molecule has 0 aliphatic carbocycles. The number of hydrogen-bond acceptors (Lipinski definition) is 3. The van der Waals surface area contributed by atoms with Gasteiger partial charge in [-0.05, 0) is 60.7 Å². The summed E-state index contributed by atoms with van der Waals surface area (Å²) in [6.45, 7) is 1.43. The lowest BCUT2D eigenvalue weighted by Crippen LogP contribution is -2.18. The number of hydrogen-bond donors (Lipinski definition) is 2. The molecule has 136 valence electrons. The van der Waals surface area contributed by atoms with Gasteiger partial charge < -0.3 is 9.88 Å². The van der Waals surface area contributed by atoms with E-state index in [1.807, 2.05) is 47.2 Å². The normalized spacial score (nSPS) is 10.7. The zero-order chi connectivity index (χ0) is 19.2. The Morgan fingerprint density at radius 2 is 1.74 bits per heavy atom. The highest BCUT2D eigenvalue weighted by molar-refractivity contribution is 6.30. The van der Waals surface area contributed by atoms with Gasteiger partial charge in [0.2, 0.25) is 5.91 Å². The summed E-state index contributed by atoms with van der Waals surface area (Å²) >= 11 is 5.92. The van der Waals surface area contributed by atoms with Crippen molar-refractivity contribution in [3.05, 3.63) is 83.1 Å². The van der Waals surface area contributed by atoms with Gasteiger partial charge >= 0.3 is 0 Å². The summed E-state index contributed by atoms with van der Waals surface area (Å²) in [7, 11) is 0. The van der Waals surface area contributed by atoms with Crippen molar-refractivity contribution in [3.8, 4) is 5.69 Å². The minimum absolute atomic E-state index is 0.166. The maximum absolute atomic E-state index is 12.2. The highest BCUT2D eigenvalue weighted by Gasteiger charge is 2.05. The maximum Gasteiger partial charge on any atom is 0.271 e. The van der Waals surface area contributed by atoms with Crippen LogP contribution in [0.4, 0.5) is 5.69 Å². The number of rotatable bonds is 5. The molecule has 2 N–H and O–H groups in total. The van der Waals surface area contributed by atoms with Gasteiger partial charge in [0.05, 0.1) is 11.9 Å². The molecule has 6 nitrogen and oxygen atoms in total. The van der Waals surface area contributed by atoms with Crippen LogP contribution in [-0.2, 0) is 4.79 Å². The number of carbonyl (C=O) groups excluding carboxylic acids is 2. The van der Waals surface area contributed by atoms with E-state index in [0.717, 1.165) is 11.4 Å². The number of nitrogens with one attached hydrogen (secondary N) is 2. The zero-order valence-corrected chi connectivity index (χ0v) is 15.3. The monoisotopic (exact) mass is 380 g/mol. The Hall–Kier alpha value is -3.38. The SMILES string of the molecule is CC(=O)Nc1ccc(C(=O)NN=Cc2cccn2-c2ccc(Cl)cc2)cc1. The molecular weight excluding hydrogens is 364 g/mol. The van der Waals surface area contributed by atoms with E-state index in [0.29, 0.717) is 16.3 Å². The molecular formula is C20H17ClN4O2. The smallest absolute Gasteiger partial charge is 0.271 e. The number of amides is 2. The highest BCUT2D eigenvalue weighted by Crippen LogP contribution is 2.15. The minimum atomic E-state index is -0.342. The molecule has 0 aliphatic rings. The number of nitrogens with zero attached hydrogens (tertiary/aromatic N) is 2. The minimum Gasteiger partial charge on any atom is -0.326 e. The number of benzene rings is 2. The standard InChI is InChI=1S/C20H17ClN4O2/c1-14(26)23-17-8-4-15(5-9-17)20(27)24-22-13-19-3-2-12-25(19)18-10-6-16(21)7-11-18/h2-13H,1H3,(H,23,26)(H,24,27). The van der Waals surface area contributed by atoms with E-state index in [-0.39, 0.29) is 11.8 Å². The second kappa shape index (κ2) is 8.33. The van der Waals surface area contributed by atoms with Crippen LogP contribution in [0.1, 0.15) is 23.0 Å². The summed E-state index contributed by atoms with van der Waals surface area (Å²) in [6.07, 6.45) is 3.46. The van der Waals surface area contributed by atoms with Gasteiger partial charge in [-0.2, -0.15) is 5.10 Å².